The third-order valence-corrected chi connectivity index (χ3v) is 3.33. The topological polar surface area (TPSA) is 56.2 Å². The number of thioether (sulfide) groups is 1. The van der Waals surface area contributed by atoms with Crippen LogP contribution in [0.3, 0.4) is 0 Å². The summed E-state index contributed by atoms with van der Waals surface area (Å²) in [5.41, 5.74) is 5.78. The van der Waals surface area contributed by atoms with Crippen LogP contribution in [-0.4, -0.2) is 17.6 Å². The number of unbranched alkanes of at least 4 members (excludes halogenated alkanes) is 1. The van der Waals surface area contributed by atoms with Crippen LogP contribution < -0.4 is 5.73 Å². The molecule has 0 aromatic carbocycles. The smallest absolute Gasteiger partial charge is 0.159 e. The van der Waals surface area contributed by atoms with E-state index in [9.17, 15) is 4.79 Å². The van der Waals surface area contributed by atoms with Crippen molar-refractivity contribution in [2.45, 2.75) is 38.0 Å². The summed E-state index contributed by atoms with van der Waals surface area (Å²) in [5, 5.41) is 0. The highest BCUT2D eigenvalue weighted by atomic mass is 35.5. The average molecular weight is 278 g/mol. The minimum atomic E-state index is -0.288. The predicted molar refractivity (Wildman–Crippen MR) is 74.6 cm³/mol. The number of ketones is 1. The normalized spacial score (nSPS) is 11.9. The Morgan fingerprint density at radius 3 is 2.94 bits per heavy atom. The van der Waals surface area contributed by atoms with E-state index in [1.54, 1.807) is 18.0 Å². The van der Waals surface area contributed by atoms with Gasteiger partial charge in [-0.2, -0.15) is 0 Å². The van der Waals surface area contributed by atoms with E-state index in [2.05, 4.69) is 6.92 Å². The van der Waals surface area contributed by atoms with Gasteiger partial charge in [-0.1, -0.05) is 19.8 Å². The number of furan rings is 1. The van der Waals surface area contributed by atoms with Gasteiger partial charge in [0.1, 0.15) is 5.76 Å². The highest BCUT2D eigenvalue weighted by Crippen LogP contribution is 2.13. The summed E-state index contributed by atoms with van der Waals surface area (Å²) in [6.45, 7) is 2.10. The second-order valence-electron chi connectivity index (χ2n) is 3.79. The lowest BCUT2D eigenvalue weighted by Crippen LogP contribution is -2.31. The lowest BCUT2D eigenvalue weighted by atomic mass is 10.1. The average Bonchev–Trinajstić information content (AvgIpc) is 2.78. The molecule has 1 aromatic heterocycles. The monoisotopic (exact) mass is 277 g/mol. The van der Waals surface area contributed by atoms with Crippen LogP contribution in [0.2, 0.25) is 0 Å². The van der Waals surface area contributed by atoms with Gasteiger partial charge in [0, 0.05) is 0 Å². The number of hydrogen-bond acceptors (Lipinski definition) is 4. The molecule has 3 nitrogen and oxygen atoms in total. The zero-order valence-electron chi connectivity index (χ0n) is 10.1. The molecular formula is C12H20ClNO2S. The lowest BCUT2D eigenvalue weighted by molar-refractivity contribution is -0.117. The van der Waals surface area contributed by atoms with Crippen LogP contribution in [0.5, 0.6) is 0 Å². The van der Waals surface area contributed by atoms with Crippen LogP contribution in [0.4, 0.5) is 0 Å². The molecule has 0 fully saturated rings. The van der Waals surface area contributed by atoms with Crippen molar-refractivity contribution in [1.29, 1.82) is 0 Å². The van der Waals surface area contributed by atoms with Gasteiger partial charge in [-0.15, -0.1) is 24.2 Å². The molecule has 1 atom stereocenters. The molecule has 0 amide bonds. The fourth-order valence-corrected chi connectivity index (χ4v) is 2.22. The summed E-state index contributed by atoms with van der Waals surface area (Å²) in [4.78, 5) is 11.6. The number of carbonyl (C=O) groups excluding carboxylic acids is 1. The Morgan fingerprint density at radius 2 is 2.35 bits per heavy atom. The van der Waals surface area contributed by atoms with Crippen LogP contribution in [0.1, 0.15) is 31.9 Å². The van der Waals surface area contributed by atoms with Gasteiger partial charge in [0.2, 0.25) is 0 Å². The first-order chi connectivity index (χ1) is 7.74. The van der Waals surface area contributed by atoms with Gasteiger partial charge in [-0.3, -0.25) is 4.79 Å². The molecule has 0 aliphatic heterocycles. The second kappa shape index (κ2) is 9.57. The van der Waals surface area contributed by atoms with E-state index in [0.717, 1.165) is 30.8 Å². The molecule has 5 heteroatoms. The standard InChI is InChI=1S/C12H19NO2S.ClH/c1-2-3-6-11(13)12(14)9-16-8-10-5-4-7-15-10;/h4-5,7,11H,2-3,6,8-9,13H2,1H3;1H. The molecule has 98 valence electrons. The number of carbonyl (C=O) groups is 1. The molecular weight excluding hydrogens is 258 g/mol. The molecule has 0 bridgehead atoms. The van der Waals surface area contributed by atoms with Crippen molar-refractivity contribution in [3.63, 3.8) is 0 Å². The van der Waals surface area contributed by atoms with Crippen molar-refractivity contribution in [1.82, 2.24) is 0 Å². The number of rotatable bonds is 8. The van der Waals surface area contributed by atoms with Crippen molar-refractivity contribution in [3.05, 3.63) is 24.2 Å². The molecule has 0 aliphatic rings. The molecule has 1 unspecified atom stereocenters. The van der Waals surface area contributed by atoms with E-state index in [1.165, 1.54) is 0 Å². The minimum absolute atomic E-state index is 0. The maximum absolute atomic E-state index is 11.6. The van der Waals surface area contributed by atoms with E-state index < -0.39 is 0 Å². The largest absolute Gasteiger partial charge is 0.468 e. The number of nitrogens with two attached hydrogens (primary N) is 1. The third-order valence-electron chi connectivity index (χ3n) is 2.35. The van der Waals surface area contributed by atoms with Crippen LogP contribution >= 0.6 is 24.2 Å². The number of halogens is 1. The third kappa shape index (κ3) is 6.76. The molecule has 1 heterocycles. The van der Waals surface area contributed by atoms with E-state index >= 15 is 0 Å². The van der Waals surface area contributed by atoms with Gasteiger partial charge >= 0.3 is 0 Å². The van der Waals surface area contributed by atoms with Crippen LogP contribution in [-0.2, 0) is 10.5 Å². The Bertz CT molecular complexity index is 303. The fourth-order valence-electron chi connectivity index (χ4n) is 1.34. The highest BCUT2D eigenvalue weighted by Gasteiger charge is 2.12. The van der Waals surface area contributed by atoms with Crippen molar-refractivity contribution in [2.75, 3.05) is 5.75 Å². The molecule has 0 aliphatic carbocycles. The van der Waals surface area contributed by atoms with Gasteiger partial charge in [0.05, 0.1) is 23.8 Å². The first-order valence-electron chi connectivity index (χ1n) is 5.62. The quantitative estimate of drug-likeness (QED) is 0.794. The van der Waals surface area contributed by atoms with E-state index in [1.807, 2.05) is 12.1 Å². The van der Waals surface area contributed by atoms with Crippen molar-refractivity contribution < 1.29 is 9.21 Å². The Hall–Kier alpha value is -0.450. The minimum Gasteiger partial charge on any atom is -0.468 e. The molecule has 1 rings (SSSR count). The van der Waals surface area contributed by atoms with E-state index in [0.29, 0.717) is 5.75 Å². The van der Waals surface area contributed by atoms with Gasteiger partial charge in [-0.25, -0.2) is 0 Å². The zero-order chi connectivity index (χ0) is 11.8. The van der Waals surface area contributed by atoms with E-state index in [-0.39, 0.29) is 24.2 Å². The fraction of sp³-hybridized carbons (Fsp3) is 0.583. The Kier molecular flexibility index (Phi) is 9.31. The second-order valence-corrected chi connectivity index (χ2v) is 4.77. The summed E-state index contributed by atoms with van der Waals surface area (Å²) in [5.74, 6) is 2.26. The lowest BCUT2D eigenvalue weighted by Gasteiger charge is -2.08. The van der Waals surface area contributed by atoms with Crippen molar-refractivity contribution in [2.24, 2.45) is 5.73 Å². The number of Topliss-reactive ketones (excluding diaryl/α,β-unsaturated/α-hetero) is 1. The summed E-state index contributed by atoms with van der Waals surface area (Å²) in [7, 11) is 0. The molecule has 1 aromatic rings. The van der Waals surface area contributed by atoms with Crippen molar-refractivity contribution >= 4 is 30.0 Å². The van der Waals surface area contributed by atoms with Gasteiger partial charge in [0.25, 0.3) is 0 Å². The Labute approximate surface area is 113 Å². The Balaban J connectivity index is 0.00000256. The summed E-state index contributed by atoms with van der Waals surface area (Å²) >= 11 is 1.56. The number of hydrogen-bond donors (Lipinski definition) is 1. The summed E-state index contributed by atoms with van der Waals surface area (Å²) < 4.78 is 5.18. The molecule has 0 saturated carbocycles. The van der Waals surface area contributed by atoms with Gasteiger partial charge in [0.15, 0.2) is 5.78 Å². The summed E-state index contributed by atoms with van der Waals surface area (Å²) in [6, 6.07) is 3.48. The Morgan fingerprint density at radius 1 is 1.59 bits per heavy atom. The maximum atomic E-state index is 11.6. The zero-order valence-corrected chi connectivity index (χ0v) is 11.7. The predicted octanol–water partition coefficient (Wildman–Crippen LogP) is 3.02. The molecule has 0 spiro atoms. The maximum Gasteiger partial charge on any atom is 0.159 e. The van der Waals surface area contributed by atoms with Crippen molar-refractivity contribution in [3.8, 4) is 0 Å². The van der Waals surface area contributed by atoms with Gasteiger partial charge < -0.3 is 10.2 Å². The molecule has 2 N–H and O–H groups in total. The van der Waals surface area contributed by atoms with Crippen LogP contribution in [0.15, 0.2) is 22.8 Å². The first-order valence-corrected chi connectivity index (χ1v) is 6.78. The highest BCUT2D eigenvalue weighted by molar-refractivity contribution is 7.99. The molecule has 0 radical (unpaired) electrons. The molecule has 0 saturated heterocycles. The van der Waals surface area contributed by atoms with Gasteiger partial charge in [-0.05, 0) is 18.6 Å². The van der Waals surface area contributed by atoms with E-state index in [4.69, 9.17) is 10.2 Å². The van der Waals surface area contributed by atoms with Crippen LogP contribution in [0, 0.1) is 0 Å². The molecule has 17 heavy (non-hydrogen) atoms. The SMILES string of the molecule is CCCCC(N)C(=O)CSCc1ccco1.Cl. The summed E-state index contributed by atoms with van der Waals surface area (Å²) in [6.07, 6.45) is 4.55. The first kappa shape index (κ1) is 16.6. The van der Waals surface area contributed by atoms with Crippen LogP contribution in [0.25, 0.3) is 0 Å².